The van der Waals surface area contributed by atoms with Gasteiger partial charge >= 0.3 is 0 Å². The number of likely N-dealkylation sites (tertiary alicyclic amines) is 1. The van der Waals surface area contributed by atoms with Crippen LogP contribution in [-0.2, 0) is 11.3 Å². The molecule has 160 valence electrons. The van der Waals surface area contributed by atoms with E-state index in [-0.39, 0.29) is 36.4 Å². The van der Waals surface area contributed by atoms with E-state index in [2.05, 4.69) is 39.7 Å². The first-order chi connectivity index (χ1) is 13.1. The SMILES string of the molecule is CN=C(NCC(=O)NCc1ccco1)NCC(C(C)C)N1CCCCCC1.I. The van der Waals surface area contributed by atoms with E-state index in [1.165, 1.54) is 38.8 Å². The molecule has 0 aromatic carbocycles. The number of halogens is 1. The standard InChI is InChI=1S/C20H35N5O2.HI/c1-16(2)18(25-10-6-4-5-7-11-25)14-23-20(21-3)24-15-19(26)22-13-17-9-8-12-27-17;/h8-9,12,16,18H,4-7,10-11,13-15H2,1-3H3,(H,22,26)(H2,21,23,24);1H. The van der Waals surface area contributed by atoms with Crippen molar-refractivity contribution in [1.29, 1.82) is 0 Å². The van der Waals surface area contributed by atoms with Gasteiger partial charge < -0.3 is 20.4 Å². The molecule has 0 saturated carbocycles. The zero-order chi connectivity index (χ0) is 19.5. The van der Waals surface area contributed by atoms with Crippen molar-refractivity contribution in [2.24, 2.45) is 10.9 Å². The number of aliphatic imine (C=N–C) groups is 1. The summed E-state index contributed by atoms with van der Waals surface area (Å²) in [7, 11) is 1.73. The van der Waals surface area contributed by atoms with E-state index in [9.17, 15) is 4.79 Å². The van der Waals surface area contributed by atoms with Crippen molar-refractivity contribution < 1.29 is 9.21 Å². The second-order valence-corrected chi connectivity index (χ2v) is 7.42. The Morgan fingerprint density at radius 1 is 1.18 bits per heavy atom. The predicted octanol–water partition coefficient (Wildman–Crippen LogP) is 2.58. The quantitative estimate of drug-likeness (QED) is 0.288. The van der Waals surface area contributed by atoms with Crippen LogP contribution in [0, 0.1) is 5.92 Å². The maximum absolute atomic E-state index is 12.0. The summed E-state index contributed by atoms with van der Waals surface area (Å²) in [6.45, 7) is 8.29. The average molecular weight is 505 g/mol. The lowest BCUT2D eigenvalue weighted by atomic mass is 10.0. The molecular weight excluding hydrogens is 469 g/mol. The van der Waals surface area contributed by atoms with Gasteiger partial charge in [-0.1, -0.05) is 26.7 Å². The first kappa shape index (κ1) is 24.7. The zero-order valence-electron chi connectivity index (χ0n) is 17.4. The van der Waals surface area contributed by atoms with E-state index in [1.807, 2.05) is 6.07 Å². The van der Waals surface area contributed by atoms with Crippen molar-refractivity contribution in [2.45, 2.75) is 52.1 Å². The number of hydrogen-bond donors (Lipinski definition) is 3. The minimum absolute atomic E-state index is 0. The lowest BCUT2D eigenvalue weighted by Gasteiger charge is -2.34. The second kappa shape index (κ2) is 13.8. The molecule has 1 saturated heterocycles. The van der Waals surface area contributed by atoms with Crippen LogP contribution in [-0.4, -0.2) is 56.0 Å². The molecule has 3 N–H and O–H groups in total. The largest absolute Gasteiger partial charge is 0.467 e. The highest BCUT2D eigenvalue weighted by atomic mass is 127. The van der Waals surface area contributed by atoms with Crippen molar-refractivity contribution in [3.63, 3.8) is 0 Å². The Labute approximate surface area is 186 Å². The van der Waals surface area contributed by atoms with E-state index in [0.29, 0.717) is 24.5 Å². The Kier molecular flexibility index (Phi) is 12.2. The molecule has 0 bridgehead atoms. The third-order valence-corrected chi connectivity index (χ3v) is 5.04. The molecule has 8 heteroatoms. The normalized spacial score (nSPS) is 16.8. The van der Waals surface area contributed by atoms with Gasteiger partial charge in [0.25, 0.3) is 0 Å². The Balaban J connectivity index is 0.00000392. The summed E-state index contributed by atoms with van der Waals surface area (Å²) < 4.78 is 5.21. The molecule has 1 aromatic heterocycles. The second-order valence-electron chi connectivity index (χ2n) is 7.42. The fraction of sp³-hybridized carbons (Fsp3) is 0.700. The number of rotatable bonds is 8. The van der Waals surface area contributed by atoms with E-state index >= 15 is 0 Å². The molecule has 1 atom stereocenters. The lowest BCUT2D eigenvalue weighted by Crippen LogP contribution is -2.50. The maximum atomic E-state index is 12.0. The van der Waals surface area contributed by atoms with Gasteiger partial charge in [-0.05, 0) is 44.0 Å². The number of carbonyl (C=O) groups excluding carboxylic acids is 1. The molecule has 1 fully saturated rings. The third kappa shape index (κ3) is 8.81. The van der Waals surface area contributed by atoms with Crippen LogP contribution in [0.5, 0.6) is 0 Å². The van der Waals surface area contributed by atoms with Gasteiger partial charge in [0.2, 0.25) is 5.91 Å². The third-order valence-electron chi connectivity index (χ3n) is 5.04. The van der Waals surface area contributed by atoms with Crippen molar-refractivity contribution in [1.82, 2.24) is 20.9 Å². The number of hydrogen-bond acceptors (Lipinski definition) is 4. The highest BCUT2D eigenvalue weighted by molar-refractivity contribution is 14.0. The van der Waals surface area contributed by atoms with Crippen LogP contribution in [0.15, 0.2) is 27.8 Å². The van der Waals surface area contributed by atoms with Gasteiger partial charge in [0, 0.05) is 19.6 Å². The van der Waals surface area contributed by atoms with Gasteiger partial charge in [0.05, 0.1) is 19.4 Å². The Hall–Kier alpha value is -1.29. The zero-order valence-corrected chi connectivity index (χ0v) is 19.7. The molecule has 0 spiro atoms. The molecular formula is C20H36IN5O2. The number of carbonyl (C=O) groups is 1. The molecule has 28 heavy (non-hydrogen) atoms. The smallest absolute Gasteiger partial charge is 0.239 e. The molecule has 0 radical (unpaired) electrons. The Morgan fingerprint density at radius 3 is 2.46 bits per heavy atom. The molecule has 1 unspecified atom stereocenters. The number of furan rings is 1. The lowest BCUT2D eigenvalue weighted by molar-refractivity contribution is -0.120. The van der Waals surface area contributed by atoms with Crippen LogP contribution in [0.1, 0.15) is 45.3 Å². The van der Waals surface area contributed by atoms with Gasteiger partial charge in [-0.2, -0.15) is 0 Å². The van der Waals surface area contributed by atoms with Gasteiger partial charge in [0.1, 0.15) is 5.76 Å². The fourth-order valence-corrected chi connectivity index (χ4v) is 3.46. The van der Waals surface area contributed by atoms with E-state index in [0.717, 1.165) is 12.3 Å². The molecule has 2 heterocycles. The topological polar surface area (TPSA) is 81.9 Å². The Morgan fingerprint density at radius 2 is 1.89 bits per heavy atom. The maximum Gasteiger partial charge on any atom is 0.239 e. The summed E-state index contributed by atoms with van der Waals surface area (Å²) in [5.41, 5.74) is 0. The van der Waals surface area contributed by atoms with Crippen molar-refractivity contribution in [3.05, 3.63) is 24.2 Å². The van der Waals surface area contributed by atoms with Crippen molar-refractivity contribution in [2.75, 3.05) is 33.2 Å². The van der Waals surface area contributed by atoms with Crippen LogP contribution < -0.4 is 16.0 Å². The molecule has 1 aliphatic heterocycles. The monoisotopic (exact) mass is 505 g/mol. The summed E-state index contributed by atoms with van der Waals surface area (Å²) in [6, 6.07) is 4.11. The minimum atomic E-state index is -0.0951. The number of nitrogens with one attached hydrogen (secondary N) is 3. The summed E-state index contributed by atoms with van der Waals surface area (Å²) in [6.07, 6.45) is 6.84. The summed E-state index contributed by atoms with van der Waals surface area (Å²) in [4.78, 5) is 18.8. The highest BCUT2D eigenvalue weighted by Crippen LogP contribution is 2.17. The van der Waals surface area contributed by atoms with Gasteiger partial charge in [-0.3, -0.25) is 14.7 Å². The number of guanidine groups is 1. The van der Waals surface area contributed by atoms with Crippen LogP contribution in [0.2, 0.25) is 0 Å². The fourth-order valence-electron chi connectivity index (χ4n) is 3.46. The molecule has 0 aliphatic carbocycles. The summed E-state index contributed by atoms with van der Waals surface area (Å²) in [5, 5.41) is 9.30. The Bertz CT molecular complexity index is 569. The molecule has 7 nitrogen and oxygen atoms in total. The van der Waals surface area contributed by atoms with Gasteiger partial charge in [0.15, 0.2) is 5.96 Å². The van der Waals surface area contributed by atoms with E-state index < -0.39 is 0 Å². The average Bonchev–Trinajstić information content (AvgIpc) is 3.04. The first-order valence-electron chi connectivity index (χ1n) is 10.1. The minimum Gasteiger partial charge on any atom is -0.467 e. The van der Waals surface area contributed by atoms with Gasteiger partial charge in [-0.25, -0.2) is 0 Å². The van der Waals surface area contributed by atoms with Crippen molar-refractivity contribution in [3.8, 4) is 0 Å². The molecule has 1 amide bonds. The molecule has 1 aliphatic rings. The molecule has 2 rings (SSSR count). The summed E-state index contributed by atoms with van der Waals surface area (Å²) >= 11 is 0. The van der Waals surface area contributed by atoms with Crippen LogP contribution in [0.4, 0.5) is 0 Å². The van der Waals surface area contributed by atoms with Crippen molar-refractivity contribution >= 4 is 35.8 Å². The van der Waals surface area contributed by atoms with Crippen LogP contribution >= 0.6 is 24.0 Å². The van der Waals surface area contributed by atoms with Crippen LogP contribution in [0.3, 0.4) is 0 Å². The summed E-state index contributed by atoms with van der Waals surface area (Å²) in [5.74, 6) is 1.86. The number of amides is 1. The predicted molar refractivity (Wildman–Crippen MR) is 124 cm³/mol. The van der Waals surface area contributed by atoms with E-state index in [4.69, 9.17) is 4.42 Å². The first-order valence-corrected chi connectivity index (χ1v) is 10.1. The number of nitrogens with zero attached hydrogens (tertiary/aromatic N) is 2. The van der Waals surface area contributed by atoms with E-state index in [1.54, 1.807) is 19.4 Å². The van der Waals surface area contributed by atoms with Crippen LogP contribution in [0.25, 0.3) is 0 Å². The molecule has 1 aromatic rings. The van der Waals surface area contributed by atoms with Gasteiger partial charge in [-0.15, -0.1) is 24.0 Å². The highest BCUT2D eigenvalue weighted by Gasteiger charge is 2.22.